The quantitative estimate of drug-likeness (QED) is 0.397. The van der Waals surface area contributed by atoms with E-state index < -0.39 is 0 Å². The van der Waals surface area contributed by atoms with Crippen molar-refractivity contribution in [2.45, 2.75) is 78.6 Å². The second kappa shape index (κ2) is 9.85. The van der Waals surface area contributed by atoms with Crippen LogP contribution in [0.3, 0.4) is 0 Å². The molecule has 0 heterocycles. The van der Waals surface area contributed by atoms with E-state index in [1.54, 1.807) is 6.92 Å². The normalized spacial score (nSPS) is 18.9. The van der Waals surface area contributed by atoms with Crippen molar-refractivity contribution in [3.8, 4) is 0 Å². The highest BCUT2D eigenvalue weighted by Crippen LogP contribution is 2.32. The smallest absolute Gasteiger partial charge is 0.0923 e. The SMILES string of the molecule is CCC/C=C(/C=C\C(CCCC)=C(/C)O)C1CCCC1. The molecule has 0 saturated heterocycles. The first kappa shape index (κ1) is 17.1. The third-order valence-corrected chi connectivity index (χ3v) is 4.24. The molecule has 114 valence electrons. The van der Waals surface area contributed by atoms with Crippen LogP contribution in [0.2, 0.25) is 0 Å². The van der Waals surface area contributed by atoms with Crippen LogP contribution in [0.4, 0.5) is 0 Å². The molecule has 0 amide bonds. The van der Waals surface area contributed by atoms with Crippen molar-refractivity contribution in [2.75, 3.05) is 0 Å². The van der Waals surface area contributed by atoms with E-state index in [0.29, 0.717) is 5.76 Å². The van der Waals surface area contributed by atoms with Crippen LogP contribution in [-0.2, 0) is 0 Å². The Morgan fingerprint density at radius 2 is 1.80 bits per heavy atom. The van der Waals surface area contributed by atoms with Crippen molar-refractivity contribution in [3.63, 3.8) is 0 Å². The van der Waals surface area contributed by atoms with Gasteiger partial charge in [-0.3, -0.25) is 0 Å². The number of allylic oxidation sites excluding steroid dienone is 6. The van der Waals surface area contributed by atoms with Gasteiger partial charge in [-0.15, -0.1) is 0 Å². The summed E-state index contributed by atoms with van der Waals surface area (Å²) < 4.78 is 0. The van der Waals surface area contributed by atoms with E-state index >= 15 is 0 Å². The maximum absolute atomic E-state index is 9.80. The molecule has 0 radical (unpaired) electrons. The molecule has 1 aliphatic carbocycles. The third kappa shape index (κ3) is 5.98. The summed E-state index contributed by atoms with van der Waals surface area (Å²) >= 11 is 0. The van der Waals surface area contributed by atoms with Crippen LogP contribution in [0.1, 0.15) is 78.6 Å². The highest BCUT2D eigenvalue weighted by molar-refractivity contribution is 5.31. The van der Waals surface area contributed by atoms with Crippen LogP contribution < -0.4 is 0 Å². The summed E-state index contributed by atoms with van der Waals surface area (Å²) in [7, 11) is 0. The zero-order valence-electron chi connectivity index (χ0n) is 13.6. The van der Waals surface area contributed by atoms with E-state index in [0.717, 1.165) is 24.3 Å². The monoisotopic (exact) mass is 276 g/mol. The van der Waals surface area contributed by atoms with E-state index in [2.05, 4.69) is 32.1 Å². The molecule has 0 aliphatic heterocycles. The molecule has 0 unspecified atom stereocenters. The van der Waals surface area contributed by atoms with Gasteiger partial charge in [0.1, 0.15) is 0 Å². The molecular formula is C19H32O. The summed E-state index contributed by atoms with van der Waals surface area (Å²) in [5.74, 6) is 1.24. The predicted molar refractivity (Wildman–Crippen MR) is 88.9 cm³/mol. The minimum atomic E-state index is 0.482. The Morgan fingerprint density at radius 3 is 2.35 bits per heavy atom. The molecule has 1 fully saturated rings. The second-order valence-electron chi connectivity index (χ2n) is 6.02. The first-order valence-corrected chi connectivity index (χ1v) is 8.45. The molecule has 1 aliphatic rings. The van der Waals surface area contributed by atoms with Gasteiger partial charge in [-0.05, 0) is 56.1 Å². The van der Waals surface area contributed by atoms with Crippen molar-refractivity contribution in [3.05, 3.63) is 35.1 Å². The van der Waals surface area contributed by atoms with Crippen LogP contribution in [0, 0.1) is 5.92 Å². The average molecular weight is 276 g/mol. The minimum absolute atomic E-state index is 0.482. The van der Waals surface area contributed by atoms with Gasteiger partial charge in [0.15, 0.2) is 0 Å². The Morgan fingerprint density at radius 1 is 1.10 bits per heavy atom. The van der Waals surface area contributed by atoms with Gasteiger partial charge < -0.3 is 5.11 Å². The van der Waals surface area contributed by atoms with Crippen LogP contribution in [0.15, 0.2) is 35.1 Å². The summed E-state index contributed by atoms with van der Waals surface area (Å²) in [6, 6.07) is 0. The fourth-order valence-electron chi connectivity index (χ4n) is 2.89. The third-order valence-electron chi connectivity index (χ3n) is 4.24. The summed E-state index contributed by atoms with van der Waals surface area (Å²) in [5.41, 5.74) is 2.60. The lowest BCUT2D eigenvalue weighted by atomic mass is 9.94. The first-order valence-electron chi connectivity index (χ1n) is 8.45. The number of hydrogen-bond donors (Lipinski definition) is 1. The highest BCUT2D eigenvalue weighted by atomic mass is 16.3. The molecule has 0 bridgehead atoms. The maximum atomic E-state index is 9.80. The van der Waals surface area contributed by atoms with Gasteiger partial charge in [-0.2, -0.15) is 0 Å². The highest BCUT2D eigenvalue weighted by Gasteiger charge is 2.17. The lowest BCUT2D eigenvalue weighted by molar-refractivity contribution is 0.406. The Balaban J connectivity index is 2.75. The summed E-state index contributed by atoms with van der Waals surface area (Å²) in [6.07, 6.45) is 18.0. The molecule has 1 saturated carbocycles. The second-order valence-corrected chi connectivity index (χ2v) is 6.02. The van der Waals surface area contributed by atoms with Crippen molar-refractivity contribution < 1.29 is 5.11 Å². The Bertz CT molecular complexity index is 350. The molecule has 0 aromatic heterocycles. The largest absolute Gasteiger partial charge is 0.512 e. The zero-order valence-corrected chi connectivity index (χ0v) is 13.6. The van der Waals surface area contributed by atoms with Crippen molar-refractivity contribution >= 4 is 0 Å². The van der Waals surface area contributed by atoms with Gasteiger partial charge in [0.2, 0.25) is 0 Å². The molecule has 20 heavy (non-hydrogen) atoms. The Labute approximate surface area is 125 Å². The van der Waals surface area contributed by atoms with E-state index in [9.17, 15) is 5.11 Å². The van der Waals surface area contributed by atoms with Crippen molar-refractivity contribution in [1.29, 1.82) is 0 Å². The average Bonchev–Trinajstić information content (AvgIpc) is 2.95. The number of aliphatic hydroxyl groups is 1. The fourth-order valence-corrected chi connectivity index (χ4v) is 2.89. The maximum Gasteiger partial charge on any atom is 0.0923 e. The predicted octanol–water partition coefficient (Wildman–Crippen LogP) is 6.48. The molecule has 0 aromatic carbocycles. The molecule has 1 heteroatoms. The lowest BCUT2D eigenvalue weighted by Gasteiger charge is -2.11. The van der Waals surface area contributed by atoms with Crippen LogP contribution in [0.25, 0.3) is 0 Å². The molecule has 1 nitrogen and oxygen atoms in total. The Hall–Kier alpha value is -0.980. The lowest BCUT2D eigenvalue weighted by Crippen LogP contribution is -1.97. The van der Waals surface area contributed by atoms with Crippen molar-refractivity contribution in [1.82, 2.24) is 0 Å². The standard InChI is InChI=1S/C19H32O/c1-4-6-10-17(16(3)20)14-15-19(11-7-5-2)18-12-8-9-13-18/h11,14-15,18,20H,4-10,12-13H2,1-3H3/b15-14-,17-16+,19-11-. The van der Waals surface area contributed by atoms with Crippen LogP contribution in [0.5, 0.6) is 0 Å². The van der Waals surface area contributed by atoms with Gasteiger partial charge in [-0.1, -0.05) is 57.8 Å². The van der Waals surface area contributed by atoms with Gasteiger partial charge in [-0.25, -0.2) is 0 Å². The number of aliphatic hydroxyl groups excluding tert-OH is 1. The van der Waals surface area contributed by atoms with Gasteiger partial charge in [0.25, 0.3) is 0 Å². The van der Waals surface area contributed by atoms with Gasteiger partial charge in [0.05, 0.1) is 5.76 Å². The summed E-state index contributed by atoms with van der Waals surface area (Å²) in [6.45, 7) is 6.23. The van der Waals surface area contributed by atoms with E-state index in [-0.39, 0.29) is 0 Å². The summed E-state index contributed by atoms with van der Waals surface area (Å²) in [5, 5.41) is 9.80. The fraction of sp³-hybridized carbons (Fsp3) is 0.684. The molecule has 0 atom stereocenters. The van der Waals surface area contributed by atoms with Gasteiger partial charge >= 0.3 is 0 Å². The summed E-state index contributed by atoms with van der Waals surface area (Å²) in [4.78, 5) is 0. The molecule has 0 spiro atoms. The first-order chi connectivity index (χ1) is 9.69. The molecular weight excluding hydrogens is 244 g/mol. The molecule has 1 N–H and O–H groups in total. The Kier molecular flexibility index (Phi) is 8.41. The van der Waals surface area contributed by atoms with Gasteiger partial charge in [0, 0.05) is 0 Å². The molecule has 0 aromatic rings. The topological polar surface area (TPSA) is 20.2 Å². The molecule has 1 rings (SSSR count). The minimum Gasteiger partial charge on any atom is -0.512 e. The van der Waals surface area contributed by atoms with E-state index in [1.807, 2.05) is 0 Å². The van der Waals surface area contributed by atoms with E-state index in [4.69, 9.17) is 0 Å². The van der Waals surface area contributed by atoms with Crippen LogP contribution >= 0.6 is 0 Å². The van der Waals surface area contributed by atoms with Crippen LogP contribution in [-0.4, -0.2) is 5.11 Å². The number of hydrogen-bond acceptors (Lipinski definition) is 1. The number of rotatable bonds is 8. The van der Waals surface area contributed by atoms with Crippen molar-refractivity contribution in [2.24, 2.45) is 5.92 Å². The number of unbranched alkanes of at least 4 members (excludes halogenated alkanes) is 2. The van der Waals surface area contributed by atoms with E-state index in [1.165, 1.54) is 50.5 Å². The zero-order chi connectivity index (χ0) is 14.8.